The van der Waals surface area contributed by atoms with Crippen LogP contribution in [0.25, 0.3) is 0 Å². The maximum Gasteiger partial charge on any atom is 0.207 e. The molecule has 0 saturated heterocycles. The summed E-state index contributed by atoms with van der Waals surface area (Å²) in [6, 6.07) is 0. The van der Waals surface area contributed by atoms with Crippen LogP contribution in [-0.2, 0) is 0 Å². The van der Waals surface area contributed by atoms with E-state index in [1.165, 1.54) is 6.21 Å². The molecule has 2 N–H and O–H groups in total. The highest BCUT2D eigenvalue weighted by molar-refractivity contribution is 5.72. The van der Waals surface area contributed by atoms with Crippen molar-refractivity contribution in [3.63, 3.8) is 0 Å². The number of rotatable bonds is 0. The molecule has 0 aromatic carbocycles. The van der Waals surface area contributed by atoms with Crippen LogP contribution in [-0.4, -0.2) is 22.0 Å². The van der Waals surface area contributed by atoms with Gasteiger partial charge in [0.15, 0.2) is 0 Å². The van der Waals surface area contributed by atoms with Crippen LogP contribution in [0.3, 0.4) is 0 Å². The second-order valence-electron chi connectivity index (χ2n) is 4.14. The lowest BCUT2D eigenvalue weighted by molar-refractivity contribution is 0.187. The second-order valence-corrected chi connectivity index (χ2v) is 4.14. The number of hydrogen-bond acceptors (Lipinski definition) is 3. The zero-order valence-corrected chi connectivity index (χ0v) is 8.15. The van der Waals surface area contributed by atoms with E-state index >= 15 is 0 Å². The van der Waals surface area contributed by atoms with Crippen molar-refractivity contribution in [2.75, 3.05) is 0 Å². The van der Waals surface area contributed by atoms with Crippen molar-refractivity contribution in [3.8, 4) is 0 Å². The van der Waals surface area contributed by atoms with Gasteiger partial charge < -0.3 is 10.2 Å². The van der Waals surface area contributed by atoms with Crippen molar-refractivity contribution < 1.29 is 10.2 Å². The second kappa shape index (κ2) is 3.00. The molecule has 0 radical (unpaired) electrons. The van der Waals surface area contributed by atoms with Gasteiger partial charge in [0, 0.05) is 11.6 Å². The molecule has 0 fully saturated rings. The average Bonchev–Trinajstić information content (AvgIpc) is 1.96. The van der Waals surface area contributed by atoms with Crippen LogP contribution in [0.1, 0.15) is 20.8 Å². The van der Waals surface area contributed by atoms with E-state index in [0.29, 0.717) is 0 Å². The Morgan fingerprint density at radius 2 is 1.85 bits per heavy atom. The standard InChI is InChI=1S/C10H15NO2/c1-9(2)4-5-10(3,13)7-11-8(12)6-9/h4-7,12-13H,1-3H3/b5-4-,8-6+,11-7-. The average molecular weight is 181 g/mol. The van der Waals surface area contributed by atoms with Crippen LogP contribution in [0, 0.1) is 5.41 Å². The van der Waals surface area contributed by atoms with Gasteiger partial charge in [0.2, 0.25) is 5.88 Å². The largest absolute Gasteiger partial charge is 0.493 e. The highest BCUT2D eigenvalue weighted by Crippen LogP contribution is 2.24. The summed E-state index contributed by atoms with van der Waals surface area (Å²) >= 11 is 0. The summed E-state index contributed by atoms with van der Waals surface area (Å²) in [6.45, 7) is 5.47. The number of aliphatic imine (C=N–C) groups is 1. The Labute approximate surface area is 78.1 Å². The molecule has 0 spiro atoms. The summed E-state index contributed by atoms with van der Waals surface area (Å²) in [5.41, 5.74) is -1.37. The lowest BCUT2D eigenvalue weighted by atomic mass is 9.90. The predicted octanol–water partition coefficient (Wildman–Crippen LogP) is 1.80. The first-order chi connectivity index (χ1) is 5.81. The number of hydrogen-bond donors (Lipinski definition) is 2. The van der Waals surface area contributed by atoms with Gasteiger partial charge in [-0.2, -0.15) is 0 Å². The number of nitrogens with zero attached hydrogens (tertiary/aromatic N) is 1. The molecule has 1 heterocycles. The first-order valence-corrected chi connectivity index (χ1v) is 4.21. The monoisotopic (exact) mass is 181 g/mol. The zero-order valence-electron chi connectivity index (χ0n) is 8.15. The van der Waals surface area contributed by atoms with E-state index in [1.807, 2.05) is 19.9 Å². The normalized spacial score (nSPS) is 41.1. The Morgan fingerprint density at radius 1 is 1.23 bits per heavy atom. The molecule has 0 amide bonds. The van der Waals surface area contributed by atoms with Gasteiger partial charge in [-0.3, -0.25) is 0 Å². The van der Waals surface area contributed by atoms with Crippen LogP contribution in [0.5, 0.6) is 0 Å². The Bertz CT molecular complexity index is 285. The SMILES string of the molecule is CC1(O)/C=C\C(C)(C)/C=C(O)\N=C/1. The van der Waals surface area contributed by atoms with Crippen LogP contribution < -0.4 is 0 Å². The van der Waals surface area contributed by atoms with Gasteiger partial charge in [-0.15, -0.1) is 0 Å². The van der Waals surface area contributed by atoms with Gasteiger partial charge in [-0.25, -0.2) is 4.99 Å². The molecule has 3 nitrogen and oxygen atoms in total. The summed E-state index contributed by atoms with van der Waals surface area (Å²) in [5.74, 6) is -0.0605. The smallest absolute Gasteiger partial charge is 0.207 e. The number of aliphatic hydroxyl groups excluding tert-OH is 1. The molecule has 0 bridgehead atoms. The molecule has 1 aliphatic heterocycles. The molecule has 13 heavy (non-hydrogen) atoms. The molecule has 72 valence electrons. The van der Waals surface area contributed by atoms with Gasteiger partial charge in [0.05, 0.1) is 0 Å². The van der Waals surface area contributed by atoms with Crippen molar-refractivity contribution in [2.24, 2.45) is 10.4 Å². The van der Waals surface area contributed by atoms with Crippen LogP contribution >= 0.6 is 0 Å². The third-order valence-electron chi connectivity index (χ3n) is 1.81. The predicted molar refractivity (Wildman–Crippen MR) is 52.7 cm³/mol. The molecule has 1 aliphatic rings. The van der Waals surface area contributed by atoms with E-state index in [-0.39, 0.29) is 11.3 Å². The van der Waals surface area contributed by atoms with Crippen molar-refractivity contribution in [2.45, 2.75) is 26.4 Å². The summed E-state index contributed by atoms with van der Waals surface area (Å²) in [4.78, 5) is 3.72. The lowest BCUT2D eigenvalue weighted by Gasteiger charge is -2.20. The molecular formula is C10H15NO2. The van der Waals surface area contributed by atoms with E-state index in [4.69, 9.17) is 0 Å². The summed E-state index contributed by atoms with van der Waals surface area (Å²) in [5, 5.41) is 19.0. The highest BCUT2D eigenvalue weighted by Gasteiger charge is 2.19. The van der Waals surface area contributed by atoms with E-state index in [1.54, 1.807) is 19.1 Å². The zero-order chi connectivity index (χ0) is 10.1. The molecule has 1 rings (SSSR count). The molecular weight excluding hydrogens is 166 g/mol. The first-order valence-electron chi connectivity index (χ1n) is 4.21. The Morgan fingerprint density at radius 3 is 2.46 bits per heavy atom. The van der Waals surface area contributed by atoms with Crippen LogP contribution in [0.15, 0.2) is 29.1 Å². The molecule has 0 aromatic rings. The molecule has 1 unspecified atom stereocenters. The van der Waals surface area contributed by atoms with E-state index < -0.39 is 5.60 Å². The quantitative estimate of drug-likeness (QED) is 0.560. The van der Waals surface area contributed by atoms with Gasteiger partial charge >= 0.3 is 0 Å². The van der Waals surface area contributed by atoms with Gasteiger partial charge in [0.25, 0.3) is 0 Å². The fraction of sp³-hybridized carbons (Fsp3) is 0.500. The fourth-order valence-corrected chi connectivity index (χ4v) is 1.04. The minimum Gasteiger partial charge on any atom is -0.493 e. The molecule has 1 atom stereocenters. The summed E-state index contributed by atoms with van der Waals surface area (Å²) < 4.78 is 0. The Balaban J connectivity index is 3.10. The Kier molecular flexibility index (Phi) is 2.30. The topological polar surface area (TPSA) is 52.8 Å². The minimum atomic E-state index is -1.08. The van der Waals surface area contributed by atoms with Crippen molar-refractivity contribution in [1.82, 2.24) is 0 Å². The fourth-order valence-electron chi connectivity index (χ4n) is 1.04. The van der Waals surface area contributed by atoms with Gasteiger partial charge in [-0.05, 0) is 13.0 Å². The summed E-state index contributed by atoms with van der Waals surface area (Å²) in [7, 11) is 0. The first kappa shape index (κ1) is 9.99. The van der Waals surface area contributed by atoms with Gasteiger partial charge in [0.1, 0.15) is 5.60 Å². The van der Waals surface area contributed by atoms with E-state index in [0.717, 1.165) is 0 Å². The van der Waals surface area contributed by atoms with Crippen molar-refractivity contribution in [3.05, 3.63) is 24.1 Å². The highest BCUT2D eigenvalue weighted by atomic mass is 16.3. The van der Waals surface area contributed by atoms with Crippen LogP contribution in [0.4, 0.5) is 0 Å². The minimum absolute atomic E-state index is 0.0605. The molecule has 0 aliphatic carbocycles. The number of allylic oxidation sites excluding steroid dienone is 2. The lowest BCUT2D eigenvalue weighted by Crippen LogP contribution is -2.24. The maximum absolute atomic E-state index is 9.66. The number of aliphatic hydroxyl groups is 2. The molecule has 3 heteroatoms. The summed E-state index contributed by atoms with van der Waals surface area (Å²) in [6.07, 6.45) is 6.45. The third-order valence-corrected chi connectivity index (χ3v) is 1.81. The maximum atomic E-state index is 9.66. The third kappa shape index (κ3) is 3.03. The molecule has 0 aromatic heterocycles. The van der Waals surface area contributed by atoms with Crippen LogP contribution in [0.2, 0.25) is 0 Å². The van der Waals surface area contributed by atoms with Crippen molar-refractivity contribution >= 4 is 6.21 Å². The van der Waals surface area contributed by atoms with E-state index in [9.17, 15) is 10.2 Å². The molecule has 0 saturated carbocycles. The Hall–Kier alpha value is -1.09. The van der Waals surface area contributed by atoms with E-state index in [2.05, 4.69) is 4.99 Å². The van der Waals surface area contributed by atoms with Gasteiger partial charge in [-0.1, -0.05) is 26.0 Å². The van der Waals surface area contributed by atoms with Crippen molar-refractivity contribution in [1.29, 1.82) is 0 Å².